The lowest BCUT2D eigenvalue weighted by atomic mass is 9.89. The summed E-state index contributed by atoms with van der Waals surface area (Å²) in [6.45, 7) is 1.99. The first-order chi connectivity index (χ1) is 10.1. The van der Waals surface area contributed by atoms with Gasteiger partial charge in [-0.05, 0) is 50.6 Å². The molecular formula is C17H25N3O. The molecule has 1 aliphatic carbocycles. The Morgan fingerprint density at radius 1 is 1.43 bits per heavy atom. The van der Waals surface area contributed by atoms with Crippen molar-refractivity contribution in [3.8, 4) is 0 Å². The van der Waals surface area contributed by atoms with Crippen molar-refractivity contribution in [3.05, 3.63) is 35.4 Å². The molecule has 0 bridgehead atoms. The maximum atomic E-state index is 11.3. The van der Waals surface area contributed by atoms with Gasteiger partial charge >= 0.3 is 0 Å². The minimum absolute atomic E-state index is 0.357. The average Bonchev–Trinajstić information content (AvgIpc) is 3.08. The molecule has 2 fully saturated rings. The zero-order chi connectivity index (χ0) is 14.9. The summed E-state index contributed by atoms with van der Waals surface area (Å²) < 4.78 is 0. The Bertz CT molecular complexity index is 523. The van der Waals surface area contributed by atoms with E-state index in [0.29, 0.717) is 17.1 Å². The fourth-order valence-corrected chi connectivity index (χ4v) is 4.17. The van der Waals surface area contributed by atoms with E-state index in [4.69, 9.17) is 5.73 Å². The minimum atomic E-state index is -0.357. The monoisotopic (exact) mass is 287 g/mol. The van der Waals surface area contributed by atoms with Crippen molar-refractivity contribution >= 4 is 5.91 Å². The summed E-state index contributed by atoms with van der Waals surface area (Å²) in [5, 5.41) is 3.73. The molecule has 1 aromatic carbocycles. The van der Waals surface area contributed by atoms with Gasteiger partial charge in [-0.1, -0.05) is 25.0 Å². The molecule has 114 valence electrons. The van der Waals surface area contributed by atoms with Gasteiger partial charge in [-0.2, -0.15) is 0 Å². The first kappa shape index (κ1) is 14.5. The van der Waals surface area contributed by atoms with Crippen LogP contribution in [0.5, 0.6) is 0 Å². The number of amides is 1. The predicted octanol–water partition coefficient (Wildman–Crippen LogP) is 1.89. The summed E-state index contributed by atoms with van der Waals surface area (Å²) in [6.07, 6.45) is 6.52. The molecule has 3 rings (SSSR count). The van der Waals surface area contributed by atoms with Gasteiger partial charge in [0.1, 0.15) is 0 Å². The highest BCUT2D eigenvalue weighted by molar-refractivity contribution is 5.92. The Morgan fingerprint density at radius 3 is 2.90 bits per heavy atom. The number of hydrogen-bond acceptors (Lipinski definition) is 3. The Kier molecular flexibility index (Phi) is 4.00. The van der Waals surface area contributed by atoms with Gasteiger partial charge in [-0.3, -0.25) is 9.69 Å². The number of benzene rings is 1. The van der Waals surface area contributed by atoms with Crippen molar-refractivity contribution in [1.29, 1.82) is 0 Å². The van der Waals surface area contributed by atoms with E-state index in [9.17, 15) is 4.79 Å². The second kappa shape index (κ2) is 5.78. The molecule has 0 radical (unpaired) electrons. The van der Waals surface area contributed by atoms with Crippen LogP contribution in [-0.4, -0.2) is 36.0 Å². The van der Waals surface area contributed by atoms with Crippen LogP contribution in [0.15, 0.2) is 24.3 Å². The van der Waals surface area contributed by atoms with E-state index in [0.717, 1.165) is 12.1 Å². The molecule has 4 heteroatoms. The van der Waals surface area contributed by atoms with Crippen LogP contribution in [0.25, 0.3) is 0 Å². The van der Waals surface area contributed by atoms with Crippen molar-refractivity contribution in [3.63, 3.8) is 0 Å². The maximum absolute atomic E-state index is 11.3. The Hall–Kier alpha value is -1.39. The second-order valence-electron chi connectivity index (χ2n) is 6.52. The van der Waals surface area contributed by atoms with E-state index < -0.39 is 0 Å². The highest BCUT2D eigenvalue weighted by atomic mass is 16.1. The molecule has 1 saturated heterocycles. The van der Waals surface area contributed by atoms with Crippen LogP contribution in [0.2, 0.25) is 0 Å². The van der Waals surface area contributed by atoms with Crippen LogP contribution >= 0.6 is 0 Å². The lowest BCUT2D eigenvalue weighted by molar-refractivity contribution is 0.1000. The van der Waals surface area contributed by atoms with Gasteiger partial charge in [0.15, 0.2) is 0 Å². The lowest BCUT2D eigenvalue weighted by Gasteiger charge is -2.37. The first-order valence-electron chi connectivity index (χ1n) is 7.95. The molecule has 1 amide bonds. The van der Waals surface area contributed by atoms with Crippen LogP contribution < -0.4 is 11.1 Å². The molecule has 1 saturated carbocycles. The number of nitrogens with one attached hydrogen (secondary N) is 1. The maximum Gasteiger partial charge on any atom is 0.248 e. The van der Waals surface area contributed by atoms with Crippen molar-refractivity contribution in [2.45, 2.75) is 50.2 Å². The van der Waals surface area contributed by atoms with Crippen LogP contribution in [0.3, 0.4) is 0 Å². The number of carbonyl (C=O) groups is 1. The number of nitrogens with two attached hydrogens (primary N) is 1. The standard InChI is InChI=1S/C17H25N3O/c1-20-10-7-15(17(20)8-2-3-9-17)19-12-13-5-4-6-14(11-13)16(18)21/h4-6,11,15,19H,2-3,7-10,12H2,1H3,(H2,18,21). The lowest BCUT2D eigenvalue weighted by Crippen LogP contribution is -2.51. The fourth-order valence-electron chi connectivity index (χ4n) is 4.17. The summed E-state index contributed by atoms with van der Waals surface area (Å²) in [4.78, 5) is 13.8. The van der Waals surface area contributed by atoms with Crippen molar-refractivity contribution in [2.75, 3.05) is 13.6 Å². The summed E-state index contributed by atoms with van der Waals surface area (Å²) in [5.41, 5.74) is 7.43. The zero-order valence-corrected chi connectivity index (χ0v) is 12.8. The summed E-state index contributed by atoms with van der Waals surface area (Å²) in [6, 6.07) is 8.19. The van der Waals surface area contributed by atoms with Gasteiger partial charge in [0.2, 0.25) is 5.91 Å². The fraction of sp³-hybridized carbons (Fsp3) is 0.588. The quantitative estimate of drug-likeness (QED) is 0.889. The van der Waals surface area contributed by atoms with E-state index in [2.05, 4.69) is 23.3 Å². The van der Waals surface area contributed by atoms with E-state index in [-0.39, 0.29) is 5.91 Å². The van der Waals surface area contributed by atoms with Gasteiger partial charge in [0.25, 0.3) is 0 Å². The molecule has 1 unspecified atom stereocenters. The number of nitrogens with zero attached hydrogens (tertiary/aromatic N) is 1. The number of likely N-dealkylation sites (N-methyl/N-ethyl adjacent to an activating group) is 1. The molecular weight excluding hydrogens is 262 g/mol. The Labute approximate surface area is 126 Å². The van der Waals surface area contributed by atoms with Crippen LogP contribution in [0, 0.1) is 0 Å². The van der Waals surface area contributed by atoms with Gasteiger partial charge in [0.05, 0.1) is 0 Å². The summed E-state index contributed by atoms with van der Waals surface area (Å²) in [5.74, 6) is -0.357. The molecule has 21 heavy (non-hydrogen) atoms. The molecule has 1 atom stereocenters. The number of hydrogen-bond donors (Lipinski definition) is 2. The normalized spacial score (nSPS) is 24.7. The molecule has 1 spiro atoms. The van der Waals surface area contributed by atoms with Gasteiger partial charge in [-0.25, -0.2) is 0 Å². The smallest absolute Gasteiger partial charge is 0.248 e. The second-order valence-corrected chi connectivity index (χ2v) is 6.52. The molecule has 2 aliphatic rings. The van der Waals surface area contributed by atoms with Crippen LogP contribution in [-0.2, 0) is 6.54 Å². The Morgan fingerprint density at radius 2 is 2.19 bits per heavy atom. The third kappa shape index (κ3) is 2.70. The molecule has 3 N–H and O–H groups in total. The van der Waals surface area contributed by atoms with E-state index in [1.165, 1.54) is 38.6 Å². The summed E-state index contributed by atoms with van der Waals surface area (Å²) in [7, 11) is 2.26. The van der Waals surface area contributed by atoms with Crippen molar-refractivity contribution in [1.82, 2.24) is 10.2 Å². The molecule has 0 aromatic heterocycles. The topological polar surface area (TPSA) is 58.4 Å². The van der Waals surface area contributed by atoms with Crippen molar-refractivity contribution in [2.24, 2.45) is 5.73 Å². The van der Waals surface area contributed by atoms with E-state index in [1.54, 1.807) is 6.07 Å². The largest absolute Gasteiger partial charge is 0.366 e. The minimum Gasteiger partial charge on any atom is -0.366 e. The highest BCUT2D eigenvalue weighted by Crippen LogP contribution is 2.42. The number of likely N-dealkylation sites (tertiary alicyclic amines) is 1. The first-order valence-corrected chi connectivity index (χ1v) is 7.95. The van der Waals surface area contributed by atoms with Gasteiger partial charge in [-0.15, -0.1) is 0 Å². The molecule has 1 heterocycles. The number of carbonyl (C=O) groups excluding carboxylic acids is 1. The van der Waals surface area contributed by atoms with Gasteiger partial charge in [0, 0.05) is 23.7 Å². The zero-order valence-electron chi connectivity index (χ0n) is 12.8. The Balaban J connectivity index is 1.67. The summed E-state index contributed by atoms with van der Waals surface area (Å²) >= 11 is 0. The van der Waals surface area contributed by atoms with Crippen molar-refractivity contribution < 1.29 is 4.79 Å². The van der Waals surface area contributed by atoms with Crippen LogP contribution in [0.1, 0.15) is 48.0 Å². The number of rotatable bonds is 4. The SMILES string of the molecule is CN1CCC(NCc2cccc(C(N)=O)c2)C12CCCC2. The predicted molar refractivity (Wildman–Crippen MR) is 84.0 cm³/mol. The average molecular weight is 287 g/mol. The van der Waals surface area contributed by atoms with Gasteiger partial charge < -0.3 is 11.1 Å². The number of primary amides is 1. The molecule has 4 nitrogen and oxygen atoms in total. The third-order valence-electron chi connectivity index (χ3n) is 5.40. The van der Waals surface area contributed by atoms with Crippen LogP contribution in [0.4, 0.5) is 0 Å². The third-order valence-corrected chi connectivity index (χ3v) is 5.40. The van der Waals surface area contributed by atoms with E-state index >= 15 is 0 Å². The van der Waals surface area contributed by atoms with E-state index in [1.807, 2.05) is 12.1 Å². The molecule has 1 aromatic rings. The molecule has 1 aliphatic heterocycles. The highest BCUT2D eigenvalue weighted by Gasteiger charge is 2.47.